The molecule has 4 aliphatic heterocycles. The number of nitrogens with zero attached hydrogens (tertiary/aromatic N) is 3. The molecule has 10 nitrogen and oxygen atoms in total. The second-order valence-electron chi connectivity index (χ2n) is 13.2. The zero-order valence-corrected chi connectivity index (χ0v) is 30.2. The lowest BCUT2D eigenvalue weighted by Gasteiger charge is -2.39. The Labute approximate surface area is 295 Å². The van der Waals surface area contributed by atoms with E-state index >= 15 is 0 Å². The summed E-state index contributed by atoms with van der Waals surface area (Å²) in [4.78, 5) is 46.2. The number of piperidine rings is 3. The molecule has 0 spiro atoms. The molecule has 12 heteroatoms. The Morgan fingerprint density at radius 1 is 0.915 bits per heavy atom. The monoisotopic (exact) mass is 775 g/mol. The molecule has 4 amide bonds. The molecule has 256 valence electrons. The molecular formula is C35H47Br2N5O5. The summed E-state index contributed by atoms with van der Waals surface area (Å²) in [6, 6.07) is 11.7. The summed E-state index contributed by atoms with van der Waals surface area (Å²) in [5.41, 5.74) is 2.85. The minimum atomic E-state index is -0.947. The number of carbonyl (C=O) groups excluding carboxylic acids is 3. The van der Waals surface area contributed by atoms with Gasteiger partial charge in [-0.1, -0.05) is 18.2 Å². The Bertz CT molecular complexity index is 1420. The van der Waals surface area contributed by atoms with Gasteiger partial charge in [-0.3, -0.25) is 4.79 Å². The summed E-state index contributed by atoms with van der Waals surface area (Å²) in [5, 5.41) is 6.51. The molecule has 6 rings (SSSR count). The van der Waals surface area contributed by atoms with Crippen LogP contribution in [0.3, 0.4) is 0 Å². The highest BCUT2D eigenvalue weighted by Crippen LogP contribution is 2.36. The molecule has 3 fully saturated rings. The van der Waals surface area contributed by atoms with Crippen LogP contribution in [0.4, 0.5) is 15.3 Å². The first kappa shape index (κ1) is 34.0. The first-order valence-corrected chi connectivity index (χ1v) is 18.5. The molecular weight excluding hydrogens is 730 g/mol. The zero-order chi connectivity index (χ0) is 32.9. The van der Waals surface area contributed by atoms with Crippen LogP contribution in [0.1, 0.15) is 51.1 Å². The third kappa shape index (κ3) is 8.08. The van der Waals surface area contributed by atoms with Crippen molar-refractivity contribution in [2.75, 3.05) is 58.2 Å². The summed E-state index contributed by atoms with van der Waals surface area (Å²) in [7, 11) is 1.60. The van der Waals surface area contributed by atoms with Gasteiger partial charge in [0.2, 0.25) is 0 Å². The quantitative estimate of drug-likeness (QED) is 0.342. The van der Waals surface area contributed by atoms with E-state index in [-0.39, 0.29) is 25.8 Å². The summed E-state index contributed by atoms with van der Waals surface area (Å²) < 4.78 is 13.1. The number of hydrogen-bond donors (Lipinski definition) is 2. The Morgan fingerprint density at radius 3 is 2.23 bits per heavy atom. The summed E-state index contributed by atoms with van der Waals surface area (Å²) in [6.45, 7) is 5.08. The second kappa shape index (κ2) is 15.6. The lowest BCUT2D eigenvalue weighted by molar-refractivity contribution is -0.142. The fourth-order valence-electron chi connectivity index (χ4n) is 7.72. The van der Waals surface area contributed by atoms with Crippen molar-refractivity contribution >= 4 is 55.6 Å². The maximum atomic E-state index is 14.0. The molecule has 0 aromatic heterocycles. The van der Waals surface area contributed by atoms with E-state index < -0.39 is 12.2 Å². The number of halogens is 2. The SMILES string of the molecule is COc1c(Br)cc(C[C@@H](OC(=O)N2CCC(N3CCc4ccccc4NC3=O)CC2)C(=O)N2CCC(C3CCNCC3)CC2)cc1Br.[HH]. The van der Waals surface area contributed by atoms with Crippen LogP contribution >= 0.6 is 31.9 Å². The van der Waals surface area contributed by atoms with E-state index in [1.165, 1.54) is 12.8 Å². The lowest BCUT2D eigenvalue weighted by Crippen LogP contribution is -2.52. The molecule has 0 bridgehead atoms. The number of nitrogens with one attached hydrogen (secondary N) is 2. The minimum Gasteiger partial charge on any atom is -0.494 e. The van der Waals surface area contributed by atoms with Gasteiger partial charge in [-0.05, 0) is 131 Å². The lowest BCUT2D eigenvalue weighted by atomic mass is 9.79. The van der Waals surface area contributed by atoms with Gasteiger partial charge >= 0.3 is 12.1 Å². The number of methoxy groups -OCH3 is 1. The molecule has 0 unspecified atom stereocenters. The molecule has 3 saturated heterocycles. The molecule has 0 aliphatic carbocycles. The van der Waals surface area contributed by atoms with E-state index in [4.69, 9.17) is 9.47 Å². The highest BCUT2D eigenvalue weighted by atomic mass is 79.9. The van der Waals surface area contributed by atoms with Gasteiger partial charge in [0.1, 0.15) is 5.75 Å². The van der Waals surface area contributed by atoms with Gasteiger partial charge < -0.3 is 34.8 Å². The smallest absolute Gasteiger partial charge is 0.410 e. The number of urea groups is 1. The number of likely N-dealkylation sites (tertiary alicyclic amines) is 2. The molecule has 47 heavy (non-hydrogen) atoms. The van der Waals surface area contributed by atoms with Crippen LogP contribution in [0.25, 0.3) is 0 Å². The fourth-order valence-corrected chi connectivity index (χ4v) is 9.33. The van der Waals surface area contributed by atoms with Gasteiger partial charge in [0.05, 0.1) is 16.1 Å². The molecule has 2 aromatic rings. The molecule has 0 saturated carbocycles. The van der Waals surface area contributed by atoms with Crippen molar-refractivity contribution < 1.29 is 25.3 Å². The highest BCUT2D eigenvalue weighted by molar-refractivity contribution is 9.11. The van der Waals surface area contributed by atoms with Crippen LogP contribution in [0.5, 0.6) is 5.75 Å². The van der Waals surface area contributed by atoms with Gasteiger partial charge in [0.25, 0.3) is 5.91 Å². The molecule has 2 N–H and O–H groups in total. The molecule has 2 aromatic carbocycles. The van der Waals surface area contributed by atoms with E-state index in [0.29, 0.717) is 57.2 Å². The van der Waals surface area contributed by atoms with Crippen molar-refractivity contribution in [3.05, 3.63) is 56.5 Å². The van der Waals surface area contributed by atoms with Gasteiger partial charge in [-0.15, -0.1) is 0 Å². The van der Waals surface area contributed by atoms with Gasteiger partial charge in [0.15, 0.2) is 6.10 Å². The number of hydrogen-bond acceptors (Lipinski definition) is 6. The molecule has 4 aliphatic rings. The van der Waals surface area contributed by atoms with Crippen LogP contribution in [-0.4, -0.2) is 97.8 Å². The Kier molecular flexibility index (Phi) is 11.3. The van der Waals surface area contributed by atoms with E-state index in [2.05, 4.69) is 48.6 Å². The van der Waals surface area contributed by atoms with Crippen LogP contribution in [0.2, 0.25) is 0 Å². The van der Waals surface area contributed by atoms with Crippen molar-refractivity contribution in [3.63, 3.8) is 0 Å². The molecule has 1 atom stereocenters. The van der Waals surface area contributed by atoms with Crippen LogP contribution in [0, 0.1) is 11.8 Å². The van der Waals surface area contributed by atoms with Gasteiger partial charge in [-0.2, -0.15) is 0 Å². The maximum Gasteiger partial charge on any atom is 0.410 e. The standard InChI is InChI=1S/C35H45Br2N5O5.H2/c1-46-32-28(36)20-23(21-29(32)37)22-31(33(43)40-15-8-25(9-16-40)24-6-13-38-14-7-24)47-35(45)41-17-11-27(12-18-41)42-19-10-26-4-2-3-5-30(26)39-34(42)44;/h2-5,20-21,24-25,27,31,38H,6-19,22H2,1H3,(H,39,44);1H/t31-;/m1./s1. The van der Waals surface area contributed by atoms with Gasteiger partial charge in [-0.25, -0.2) is 9.59 Å². The van der Waals surface area contributed by atoms with Crippen molar-refractivity contribution in [1.82, 2.24) is 20.0 Å². The first-order chi connectivity index (χ1) is 22.8. The number of amides is 4. The number of fused-ring (bicyclic) bond motifs is 1. The molecule has 4 heterocycles. The number of benzene rings is 2. The fraction of sp³-hybridized carbons (Fsp3) is 0.571. The summed E-state index contributed by atoms with van der Waals surface area (Å²) in [6.07, 6.45) is 5.29. The number of rotatable bonds is 7. The van der Waals surface area contributed by atoms with E-state index in [0.717, 1.165) is 64.0 Å². The number of ether oxygens (including phenoxy) is 2. The van der Waals surface area contributed by atoms with Crippen molar-refractivity contribution in [3.8, 4) is 5.75 Å². The topological polar surface area (TPSA) is 103 Å². The van der Waals surface area contributed by atoms with Crippen LogP contribution < -0.4 is 15.4 Å². The number of carbonyl (C=O) groups is 3. The van der Waals surface area contributed by atoms with E-state index in [1.807, 2.05) is 40.1 Å². The third-order valence-corrected chi connectivity index (χ3v) is 11.6. The average Bonchev–Trinajstić information content (AvgIpc) is 3.26. The van der Waals surface area contributed by atoms with E-state index in [1.54, 1.807) is 12.0 Å². The Balaban J connectivity index is 0.00000451. The number of para-hydroxylation sites is 1. The molecule has 0 radical (unpaired) electrons. The maximum absolute atomic E-state index is 14.0. The van der Waals surface area contributed by atoms with Crippen molar-refractivity contribution in [1.29, 1.82) is 0 Å². The Morgan fingerprint density at radius 2 is 1.55 bits per heavy atom. The first-order valence-electron chi connectivity index (χ1n) is 16.9. The largest absolute Gasteiger partial charge is 0.494 e. The van der Waals surface area contributed by atoms with Gasteiger partial charge in [0, 0.05) is 52.3 Å². The highest BCUT2D eigenvalue weighted by Gasteiger charge is 2.36. The second-order valence-corrected chi connectivity index (χ2v) is 14.9. The van der Waals surface area contributed by atoms with Crippen LogP contribution in [0.15, 0.2) is 45.3 Å². The number of anilines is 1. The predicted molar refractivity (Wildman–Crippen MR) is 190 cm³/mol. The Hall–Kier alpha value is -2.83. The third-order valence-electron chi connectivity index (χ3n) is 10.4. The van der Waals surface area contributed by atoms with E-state index in [9.17, 15) is 14.4 Å². The zero-order valence-electron chi connectivity index (χ0n) is 27.0. The van der Waals surface area contributed by atoms with Crippen molar-refractivity contribution in [2.45, 2.75) is 63.5 Å². The average molecular weight is 778 g/mol. The predicted octanol–water partition coefficient (Wildman–Crippen LogP) is 6.31. The summed E-state index contributed by atoms with van der Waals surface area (Å²) >= 11 is 7.14. The summed E-state index contributed by atoms with van der Waals surface area (Å²) in [5.74, 6) is 1.88. The minimum absolute atomic E-state index is 0. The van der Waals surface area contributed by atoms with Crippen LogP contribution in [-0.2, 0) is 22.4 Å². The normalized spacial score (nSPS) is 20.7. The van der Waals surface area contributed by atoms with Crippen molar-refractivity contribution in [2.24, 2.45) is 11.8 Å².